The van der Waals surface area contributed by atoms with Crippen LogP contribution in [0, 0.1) is 0 Å². The van der Waals surface area contributed by atoms with Crippen molar-refractivity contribution in [3.8, 4) is 23.0 Å². The summed E-state index contributed by atoms with van der Waals surface area (Å²) >= 11 is 12.0. The Morgan fingerprint density at radius 3 is 2.16 bits per heavy atom. The third-order valence-corrected chi connectivity index (χ3v) is 7.18. The molecule has 1 amide bonds. The van der Waals surface area contributed by atoms with E-state index in [2.05, 4.69) is 10.0 Å². The number of methoxy groups -OCH3 is 2. The standard InChI is InChI=1S/C25H24Cl2N2O8S/c1-4-28-25(32)15-5-7-19(18(12-15)29-38(33,34)22-8-6-16(26)13-17(22)27)37-24-20(35-2)9-14(11-23(30)31)10-21(24)36-3/h5-10,12-13,29H,4,11H2,1-3H3,(H,28,32)(H,30,31). The van der Waals surface area contributed by atoms with Crippen molar-refractivity contribution in [2.75, 3.05) is 25.5 Å². The van der Waals surface area contributed by atoms with Crippen LogP contribution in [0.5, 0.6) is 23.0 Å². The molecule has 0 heterocycles. The predicted molar refractivity (Wildman–Crippen MR) is 143 cm³/mol. The summed E-state index contributed by atoms with van der Waals surface area (Å²) in [6, 6.07) is 11.0. The quantitative estimate of drug-likeness (QED) is 0.287. The van der Waals surface area contributed by atoms with E-state index in [1.807, 2.05) is 0 Å². The van der Waals surface area contributed by atoms with Gasteiger partial charge in [-0.2, -0.15) is 0 Å². The van der Waals surface area contributed by atoms with E-state index in [0.717, 1.165) is 0 Å². The molecule has 0 aliphatic carbocycles. The molecular formula is C25H24Cl2N2O8S. The van der Waals surface area contributed by atoms with Crippen LogP contribution in [0.1, 0.15) is 22.8 Å². The zero-order valence-electron chi connectivity index (χ0n) is 20.5. The van der Waals surface area contributed by atoms with Gasteiger partial charge in [-0.1, -0.05) is 23.2 Å². The number of sulfonamides is 1. The molecule has 0 fully saturated rings. The number of ether oxygens (including phenoxy) is 3. The molecule has 3 aromatic rings. The minimum atomic E-state index is -4.26. The van der Waals surface area contributed by atoms with Gasteiger partial charge in [-0.05, 0) is 61.0 Å². The lowest BCUT2D eigenvalue weighted by atomic mass is 10.1. The second-order valence-electron chi connectivity index (χ2n) is 7.75. The average Bonchev–Trinajstić information content (AvgIpc) is 2.84. The molecule has 0 unspecified atom stereocenters. The largest absolute Gasteiger partial charge is 0.493 e. The molecule has 3 rings (SSSR count). The Labute approximate surface area is 229 Å². The molecule has 0 bridgehead atoms. The summed E-state index contributed by atoms with van der Waals surface area (Å²) in [6.07, 6.45) is -0.291. The third kappa shape index (κ3) is 6.80. The molecule has 0 radical (unpaired) electrons. The van der Waals surface area contributed by atoms with Crippen LogP contribution in [0.25, 0.3) is 0 Å². The van der Waals surface area contributed by atoms with Crippen molar-refractivity contribution in [1.82, 2.24) is 5.32 Å². The number of benzene rings is 3. The molecule has 10 nitrogen and oxygen atoms in total. The summed E-state index contributed by atoms with van der Waals surface area (Å²) in [5.74, 6) is -1.15. The van der Waals surface area contributed by atoms with Gasteiger partial charge in [-0.3, -0.25) is 14.3 Å². The molecule has 0 saturated heterocycles. The number of hydrogen-bond donors (Lipinski definition) is 3. The second kappa shape index (κ2) is 12.2. The Morgan fingerprint density at radius 2 is 1.61 bits per heavy atom. The third-order valence-electron chi connectivity index (χ3n) is 5.09. The maximum absolute atomic E-state index is 13.2. The van der Waals surface area contributed by atoms with Gasteiger partial charge in [0, 0.05) is 17.1 Å². The Kier molecular flexibility index (Phi) is 9.31. The van der Waals surface area contributed by atoms with Gasteiger partial charge in [0.15, 0.2) is 17.2 Å². The number of carbonyl (C=O) groups excluding carboxylic acids is 1. The van der Waals surface area contributed by atoms with Crippen LogP contribution in [-0.4, -0.2) is 46.2 Å². The van der Waals surface area contributed by atoms with Gasteiger partial charge >= 0.3 is 5.97 Å². The first-order valence-corrected chi connectivity index (χ1v) is 13.3. The number of halogens is 2. The first-order chi connectivity index (χ1) is 18.0. The van der Waals surface area contributed by atoms with E-state index < -0.39 is 21.9 Å². The van der Waals surface area contributed by atoms with Gasteiger partial charge in [0.1, 0.15) is 4.90 Å². The number of rotatable bonds is 11. The topological polar surface area (TPSA) is 140 Å². The smallest absolute Gasteiger partial charge is 0.307 e. The van der Waals surface area contributed by atoms with Gasteiger partial charge in [-0.25, -0.2) is 8.42 Å². The van der Waals surface area contributed by atoms with Gasteiger partial charge in [0.05, 0.1) is 31.4 Å². The van der Waals surface area contributed by atoms with E-state index in [1.165, 1.54) is 62.8 Å². The monoisotopic (exact) mass is 582 g/mol. The van der Waals surface area contributed by atoms with Crippen LogP contribution in [0.4, 0.5) is 5.69 Å². The van der Waals surface area contributed by atoms with Crippen molar-refractivity contribution in [2.45, 2.75) is 18.2 Å². The summed E-state index contributed by atoms with van der Waals surface area (Å²) in [5.41, 5.74) is 0.469. The molecular weight excluding hydrogens is 559 g/mol. The number of amides is 1. The fourth-order valence-corrected chi connectivity index (χ4v) is 5.25. The van der Waals surface area contributed by atoms with Gasteiger partial charge in [-0.15, -0.1) is 0 Å². The summed E-state index contributed by atoms with van der Waals surface area (Å²) in [7, 11) is -1.55. The van der Waals surface area contributed by atoms with E-state index >= 15 is 0 Å². The molecule has 3 N–H and O–H groups in total. The minimum Gasteiger partial charge on any atom is -0.493 e. The molecule has 0 saturated carbocycles. The SMILES string of the molecule is CCNC(=O)c1ccc(Oc2c(OC)cc(CC(=O)O)cc2OC)c(NS(=O)(=O)c2ccc(Cl)cc2Cl)c1. The van der Waals surface area contributed by atoms with Crippen molar-refractivity contribution in [1.29, 1.82) is 0 Å². The number of carboxylic acid groups (broad SMARTS) is 1. The van der Waals surface area contributed by atoms with Crippen LogP contribution in [0.2, 0.25) is 10.0 Å². The van der Waals surface area contributed by atoms with Crippen LogP contribution in [0.3, 0.4) is 0 Å². The lowest BCUT2D eigenvalue weighted by Gasteiger charge is -2.19. The maximum Gasteiger partial charge on any atom is 0.307 e. The van der Waals surface area contributed by atoms with Crippen LogP contribution in [0.15, 0.2) is 53.4 Å². The highest BCUT2D eigenvalue weighted by Crippen LogP contribution is 2.44. The average molecular weight is 583 g/mol. The molecule has 202 valence electrons. The van der Waals surface area contributed by atoms with Crippen LogP contribution >= 0.6 is 23.2 Å². The summed E-state index contributed by atoms with van der Waals surface area (Å²) in [6.45, 7) is 2.10. The summed E-state index contributed by atoms with van der Waals surface area (Å²) in [4.78, 5) is 23.4. The summed E-state index contributed by atoms with van der Waals surface area (Å²) < 4.78 is 45.7. The zero-order chi connectivity index (χ0) is 28.0. The molecule has 38 heavy (non-hydrogen) atoms. The lowest BCUT2D eigenvalue weighted by molar-refractivity contribution is -0.136. The second-order valence-corrected chi connectivity index (χ2v) is 10.2. The first-order valence-electron chi connectivity index (χ1n) is 11.0. The number of hydrogen-bond acceptors (Lipinski definition) is 7. The van der Waals surface area contributed by atoms with Crippen molar-refractivity contribution >= 4 is 50.8 Å². The minimum absolute atomic E-state index is 0.00528. The Morgan fingerprint density at radius 1 is 0.947 bits per heavy atom. The van der Waals surface area contributed by atoms with Gasteiger partial charge in [0.2, 0.25) is 5.75 Å². The van der Waals surface area contributed by atoms with Crippen molar-refractivity contribution in [2.24, 2.45) is 0 Å². The maximum atomic E-state index is 13.2. The number of aliphatic carboxylic acids is 1. The number of carbonyl (C=O) groups is 2. The molecule has 0 aliphatic heterocycles. The highest BCUT2D eigenvalue weighted by molar-refractivity contribution is 7.92. The van der Waals surface area contributed by atoms with Gasteiger partial charge in [0.25, 0.3) is 15.9 Å². The van der Waals surface area contributed by atoms with Crippen LogP contribution < -0.4 is 24.2 Å². The highest BCUT2D eigenvalue weighted by atomic mass is 35.5. The molecule has 13 heteroatoms. The number of carboxylic acids is 1. The Bertz CT molecular complexity index is 1450. The first kappa shape index (κ1) is 28.9. The van der Waals surface area contributed by atoms with E-state index in [4.69, 9.17) is 42.5 Å². The Balaban J connectivity index is 2.12. The normalized spacial score (nSPS) is 11.0. The zero-order valence-corrected chi connectivity index (χ0v) is 22.8. The van der Waals surface area contributed by atoms with Crippen molar-refractivity contribution < 1.29 is 37.3 Å². The number of anilines is 1. The highest BCUT2D eigenvalue weighted by Gasteiger charge is 2.23. The van der Waals surface area contributed by atoms with E-state index in [1.54, 1.807) is 6.92 Å². The molecule has 0 spiro atoms. The molecule has 0 aliphatic rings. The Hall–Kier alpha value is -3.67. The van der Waals surface area contributed by atoms with E-state index in [-0.39, 0.29) is 55.6 Å². The van der Waals surface area contributed by atoms with E-state index in [9.17, 15) is 18.0 Å². The molecule has 3 aromatic carbocycles. The number of nitrogens with one attached hydrogen (secondary N) is 2. The van der Waals surface area contributed by atoms with Crippen molar-refractivity contribution in [3.05, 3.63) is 69.7 Å². The molecule has 0 aromatic heterocycles. The van der Waals surface area contributed by atoms with Crippen LogP contribution in [-0.2, 0) is 21.2 Å². The van der Waals surface area contributed by atoms with Gasteiger partial charge < -0.3 is 24.6 Å². The predicted octanol–water partition coefficient (Wildman–Crippen LogP) is 4.98. The summed E-state index contributed by atoms with van der Waals surface area (Å²) in [5, 5.41) is 11.9. The fraction of sp³-hybridized carbons (Fsp3) is 0.200. The molecule has 0 atom stereocenters. The lowest BCUT2D eigenvalue weighted by Crippen LogP contribution is -2.23. The fourth-order valence-electron chi connectivity index (χ4n) is 3.42. The van der Waals surface area contributed by atoms with E-state index in [0.29, 0.717) is 12.1 Å². The van der Waals surface area contributed by atoms with Crippen molar-refractivity contribution in [3.63, 3.8) is 0 Å².